The summed E-state index contributed by atoms with van der Waals surface area (Å²) in [6.07, 6.45) is 0.535. The van der Waals surface area contributed by atoms with E-state index in [0.29, 0.717) is 24.6 Å². The number of carbonyl (C=O) groups excluding carboxylic acids is 2. The zero-order chi connectivity index (χ0) is 20.6. The van der Waals surface area contributed by atoms with Gasteiger partial charge in [0.15, 0.2) is 11.7 Å². The zero-order valence-corrected chi connectivity index (χ0v) is 16.6. The predicted octanol–water partition coefficient (Wildman–Crippen LogP) is 3.58. The molecular formula is C23H25N3O3. The maximum atomic E-state index is 12.2. The van der Waals surface area contributed by atoms with Crippen molar-refractivity contribution >= 4 is 11.8 Å². The first kappa shape index (κ1) is 20.3. The molecule has 29 heavy (non-hydrogen) atoms. The van der Waals surface area contributed by atoms with Gasteiger partial charge in [0, 0.05) is 30.5 Å². The predicted molar refractivity (Wildman–Crippen MR) is 112 cm³/mol. The summed E-state index contributed by atoms with van der Waals surface area (Å²) >= 11 is 0. The second kappa shape index (κ2) is 9.68. The van der Waals surface area contributed by atoms with Crippen LogP contribution in [0.2, 0.25) is 0 Å². The van der Waals surface area contributed by atoms with Crippen LogP contribution in [-0.2, 0) is 16.0 Å². The molecule has 2 aromatic carbocycles. The number of amides is 2. The van der Waals surface area contributed by atoms with E-state index in [9.17, 15) is 9.59 Å². The summed E-state index contributed by atoms with van der Waals surface area (Å²) in [7, 11) is 0. The molecule has 0 aliphatic heterocycles. The number of benzene rings is 2. The number of aromatic nitrogens is 1. The van der Waals surface area contributed by atoms with E-state index in [-0.39, 0.29) is 18.2 Å². The standard InChI is InChI=1S/C23H25N3O3/c1-3-24-23(28)16(2)25-19(27)14-15-20-26-21(17-10-6-4-7-11-17)22(29-20)18-12-8-5-9-13-18/h4-13,16H,3,14-15H2,1-2H3,(H,24,28)(H,25,27). The molecule has 2 N–H and O–H groups in total. The summed E-state index contributed by atoms with van der Waals surface area (Å²) in [5.41, 5.74) is 2.64. The van der Waals surface area contributed by atoms with E-state index in [4.69, 9.17) is 4.42 Å². The highest BCUT2D eigenvalue weighted by Crippen LogP contribution is 2.32. The lowest BCUT2D eigenvalue weighted by Crippen LogP contribution is -2.44. The van der Waals surface area contributed by atoms with Crippen molar-refractivity contribution in [2.45, 2.75) is 32.7 Å². The van der Waals surface area contributed by atoms with Crippen LogP contribution in [-0.4, -0.2) is 29.4 Å². The third kappa shape index (κ3) is 5.31. The first-order valence-electron chi connectivity index (χ1n) is 9.76. The van der Waals surface area contributed by atoms with Gasteiger partial charge in [0.25, 0.3) is 0 Å². The number of nitrogens with zero attached hydrogens (tertiary/aromatic N) is 1. The first-order chi connectivity index (χ1) is 14.1. The van der Waals surface area contributed by atoms with E-state index in [0.717, 1.165) is 16.8 Å². The number of hydrogen-bond donors (Lipinski definition) is 2. The molecule has 0 aliphatic carbocycles. The van der Waals surface area contributed by atoms with Gasteiger partial charge in [-0.3, -0.25) is 9.59 Å². The molecule has 3 rings (SSSR count). The highest BCUT2D eigenvalue weighted by Gasteiger charge is 2.19. The lowest BCUT2D eigenvalue weighted by molar-refractivity contribution is -0.128. The molecule has 1 heterocycles. The van der Waals surface area contributed by atoms with Crippen molar-refractivity contribution in [2.75, 3.05) is 6.54 Å². The maximum Gasteiger partial charge on any atom is 0.242 e. The summed E-state index contributed by atoms with van der Waals surface area (Å²) in [4.78, 5) is 28.6. The third-order valence-electron chi connectivity index (χ3n) is 4.44. The largest absolute Gasteiger partial charge is 0.440 e. The molecule has 0 saturated carbocycles. The van der Waals surface area contributed by atoms with Crippen LogP contribution in [0.15, 0.2) is 65.1 Å². The maximum absolute atomic E-state index is 12.2. The molecule has 0 fully saturated rings. The summed E-state index contributed by atoms with van der Waals surface area (Å²) in [5, 5.41) is 5.39. The first-order valence-corrected chi connectivity index (χ1v) is 9.76. The van der Waals surface area contributed by atoms with Crippen LogP contribution in [0.3, 0.4) is 0 Å². The molecule has 1 aromatic heterocycles. The lowest BCUT2D eigenvalue weighted by atomic mass is 10.1. The topological polar surface area (TPSA) is 84.2 Å². The Morgan fingerprint density at radius 2 is 1.62 bits per heavy atom. The molecule has 0 aliphatic rings. The molecule has 1 unspecified atom stereocenters. The quantitative estimate of drug-likeness (QED) is 0.615. The van der Waals surface area contributed by atoms with E-state index in [1.807, 2.05) is 67.6 Å². The second-order valence-corrected chi connectivity index (χ2v) is 6.70. The number of aryl methyl sites for hydroxylation is 1. The SMILES string of the molecule is CCNC(=O)C(C)NC(=O)CCc1nc(-c2ccccc2)c(-c2ccccc2)o1. The Bertz CT molecular complexity index is 895. The molecule has 6 heteroatoms. The minimum Gasteiger partial charge on any atom is -0.440 e. The Balaban J connectivity index is 1.74. The summed E-state index contributed by atoms with van der Waals surface area (Å²) in [6, 6.07) is 19.0. The Morgan fingerprint density at radius 3 is 2.24 bits per heavy atom. The average Bonchev–Trinajstić information content (AvgIpc) is 3.18. The van der Waals surface area contributed by atoms with Gasteiger partial charge >= 0.3 is 0 Å². The number of nitrogens with one attached hydrogen (secondary N) is 2. The zero-order valence-electron chi connectivity index (χ0n) is 16.6. The minimum absolute atomic E-state index is 0.187. The minimum atomic E-state index is -0.577. The van der Waals surface area contributed by atoms with Crippen LogP contribution in [0.5, 0.6) is 0 Å². The van der Waals surface area contributed by atoms with E-state index >= 15 is 0 Å². The van der Waals surface area contributed by atoms with Crippen molar-refractivity contribution in [3.05, 3.63) is 66.6 Å². The molecule has 2 amide bonds. The van der Waals surface area contributed by atoms with Gasteiger partial charge in [-0.15, -0.1) is 0 Å². The second-order valence-electron chi connectivity index (χ2n) is 6.70. The summed E-state index contributed by atoms with van der Waals surface area (Å²) < 4.78 is 6.03. The molecule has 150 valence electrons. The fraction of sp³-hybridized carbons (Fsp3) is 0.261. The van der Waals surface area contributed by atoms with Crippen molar-refractivity contribution in [2.24, 2.45) is 0 Å². The van der Waals surface area contributed by atoms with Crippen molar-refractivity contribution in [1.82, 2.24) is 15.6 Å². The number of hydrogen-bond acceptors (Lipinski definition) is 4. The van der Waals surface area contributed by atoms with E-state index in [2.05, 4.69) is 15.6 Å². The lowest BCUT2D eigenvalue weighted by Gasteiger charge is -2.12. The Morgan fingerprint density at radius 1 is 1.00 bits per heavy atom. The highest BCUT2D eigenvalue weighted by atomic mass is 16.4. The van der Waals surface area contributed by atoms with Gasteiger partial charge in [0.1, 0.15) is 11.7 Å². The van der Waals surface area contributed by atoms with Gasteiger partial charge in [0.05, 0.1) is 0 Å². The van der Waals surface area contributed by atoms with Crippen LogP contribution in [0, 0.1) is 0 Å². The number of carbonyl (C=O) groups is 2. The monoisotopic (exact) mass is 391 g/mol. The smallest absolute Gasteiger partial charge is 0.242 e. The number of likely N-dealkylation sites (N-methyl/N-ethyl adjacent to an activating group) is 1. The Kier molecular flexibility index (Phi) is 6.79. The van der Waals surface area contributed by atoms with E-state index in [1.54, 1.807) is 6.92 Å². The molecular weight excluding hydrogens is 366 g/mol. The number of rotatable bonds is 8. The van der Waals surface area contributed by atoms with Gasteiger partial charge in [-0.2, -0.15) is 0 Å². The van der Waals surface area contributed by atoms with Crippen LogP contribution in [0.4, 0.5) is 0 Å². The van der Waals surface area contributed by atoms with Crippen LogP contribution in [0.25, 0.3) is 22.6 Å². The fourth-order valence-electron chi connectivity index (χ4n) is 2.98. The molecule has 0 spiro atoms. The molecule has 6 nitrogen and oxygen atoms in total. The van der Waals surface area contributed by atoms with Gasteiger partial charge in [-0.25, -0.2) is 4.98 Å². The van der Waals surface area contributed by atoms with E-state index in [1.165, 1.54) is 0 Å². The fourth-order valence-corrected chi connectivity index (χ4v) is 2.98. The van der Waals surface area contributed by atoms with Crippen LogP contribution < -0.4 is 10.6 Å². The summed E-state index contributed by atoms with van der Waals surface area (Å²) in [5.74, 6) is 0.755. The Labute approximate surface area is 170 Å². The van der Waals surface area contributed by atoms with Gasteiger partial charge < -0.3 is 15.1 Å². The average molecular weight is 391 g/mol. The normalized spacial score (nSPS) is 11.7. The molecule has 1 atom stereocenters. The van der Waals surface area contributed by atoms with Crippen LogP contribution >= 0.6 is 0 Å². The highest BCUT2D eigenvalue weighted by molar-refractivity contribution is 5.87. The molecule has 3 aromatic rings. The molecule has 0 radical (unpaired) electrons. The van der Waals surface area contributed by atoms with Crippen molar-refractivity contribution in [3.63, 3.8) is 0 Å². The third-order valence-corrected chi connectivity index (χ3v) is 4.44. The summed E-state index contributed by atoms with van der Waals surface area (Å²) in [6.45, 7) is 4.03. The molecule has 0 saturated heterocycles. The van der Waals surface area contributed by atoms with Crippen molar-refractivity contribution < 1.29 is 14.0 Å². The van der Waals surface area contributed by atoms with Crippen LogP contribution in [0.1, 0.15) is 26.2 Å². The van der Waals surface area contributed by atoms with Gasteiger partial charge in [-0.05, 0) is 13.8 Å². The van der Waals surface area contributed by atoms with Crippen molar-refractivity contribution in [3.8, 4) is 22.6 Å². The van der Waals surface area contributed by atoms with E-state index < -0.39 is 6.04 Å². The Hall–Kier alpha value is -3.41. The van der Waals surface area contributed by atoms with Crippen molar-refractivity contribution in [1.29, 1.82) is 0 Å². The number of oxazole rings is 1. The van der Waals surface area contributed by atoms with Gasteiger partial charge in [0.2, 0.25) is 11.8 Å². The molecule has 0 bridgehead atoms. The van der Waals surface area contributed by atoms with Gasteiger partial charge in [-0.1, -0.05) is 60.7 Å².